The highest BCUT2D eigenvalue weighted by atomic mass is 19.1. The van der Waals surface area contributed by atoms with E-state index in [2.05, 4.69) is 20.7 Å². The molecule has 1 saturated carbocycles. The zero-order valence-electron chi connectivity index (χ0n) is 17.3. The number of nitrogens with zero attached hydrogens (tertiary/aromatic N) is 6. The normalized spacial score (nSPS) is 22.5. The van der Waals surface area contributed by atoms with Gasteiger partial charge in [-0.2, -0.15) is 14.7 Å². The molecule has 2 aliphatic rings. The van der Waals surface area contributed by atoms with E-state index in [9.17, 15) is 9.18 Å². The highest BCUT2D eigenvalue weighted by Crippen LogP contribution is 2.32. The van der Waals surface area contributed by atoms with Crippen molar-refractivity contribution < 1.29 is 13.9 Å². The first kappa shape index (κ1) is 19.1. The van der Waals surface area contributed by atoms with Crippen molar-refractivity contribution in [3.05, 3.63) is 36.2 Å². The molecule has 1 aliphatic carbocycles. The molecule has 0 bridgehead atoms. The number of fused-ring (bicyclic) bond motifs is 2. The van der Waals surface area contributed by atoms with Gasteiger partial charge in [0, 0.05) is 37.7 Å². The molecule has 1 aliphatic heterocycles. The predicted octanol–water partition coefficient (Wildman–Crippen LogP) is 1.98. The van der Waals surface area contributed by atoms with Crippen LogP contribution in [-0.4, -0.2) is 67.7 Å². The van der Waals surface area contributed by atoms with Gasteiger partial charge in [0.1, 0.15) is 23.2 Å². The zero-order chi connectivity index (χ0) is 21.8. The summed E-state index contributed by atoms with van der Waals surface area (Å²) in [7, 11) is 1.77. The van der Waals surface area contributed by atoms with Gasteiger partial charge in [-0.3, -0.25) is 4.79 Å². The first-order valence-corrected chi connectivity index (χ1v) is 10.6. The topological polar surface area (TPSA) is 111 Å². The number of ether oxygens (including phenoxy) is 1. The van der Waals surface area contributed by atoms with Gasteiger partial charge < -0.3 is 15.4 Å². The van der Waals surface area contributed by atoms with Crippen molar-refractivity contribution in [2.24, 2.45) is 0 Å². The lowest BCUT2D eigenvalue weighted by atomic mass is 10.2. The number of halogens is 1. The summed E-state index contributed by atoms with van der Waals surface area (Å²) in [4.78, 5) is 22.0. The van der Waals surface area contributed by atoms with E-state index in [1.807, 2.05) is 22.9 Å². The van der Waals surface area contributed by atoms with Gasteiger partial charge in [-0.15, -0.1) is 0 Å². The number of hydrogen-bond acceptors (Lipinski definition) is 7. The number of alkyl halides is 1. The third kappa shape index (κ3) is 3.00. The molecule has 0 radical (unpaired) electrons. The highest BCUT2D eigenvalue weighted by Gasteiger charge is 2.39. The van der Waals surface area contributed by atoms with E-state index in [1.165, 1.54) is 6.20 Å². The molecule has 0 spiro atoms. The molecule has 4 aromatic heterocycles. The average molecular weight is 436 g/mol. The summed E-state index contributed by atoms with van der Waals surface area (Å²) >= 11 is 0. The van der Waals surface area contributed by atoms with E-state index in [4.69, 9.17) is 14.8 Å². The minimum absolute atomic E-state index is 0.108. The number of hydrogen-bond donors (Lipinski definition) is 2. The Bertz CT molecular complexity index is 1340. The van der Waals surface area contributed by atoms with Crippen molar-refractivity contribution in [3.63, 3.8) is 0 Å². The summed E-state index contributed by atoms with van der Waals surface area (Å²) in [6.07, 6.45) is 3.41. The van der Waals surface area contributed by atoms with E-state index in [-0.39, 0.29) is 11.6 Å². The van der Waals surface area contributed by atoms with Crippen LogP contribution in [0.15, 0.2) is 30.6 Å². The van der Waals surface area contributed by atoms with Crippen molar-refractivity contribution in [1.29, 1.82) is 0 Å². The molecule has 4 aromatic rings. The second kappa shape index (κ2) is 7.23. The molecule has 0 aromatic carbocycles. The number of carbonyl (C=O) groups excluding carboxylic acids is 1. The molecule has 10 nitrogen and oxygen atoms in total. The lowest BCUT2D eigenvalue weighted by molar-refractivity contribution is 0.0949. The molecule has 11 heteroatoms. The Morgan fingerprint density at radius 2 is 2.22 bits per heavy atom. The first-order valence-electron chi connectivity index (χ1n) is 10.6. The fraction of sp³-hybridized carbons (Fsp3) is 0.381. The van der Waals surface area contributed by atoms with Gasteiger partial charge in [0.2, 0.25) is 0 Å². The molecule has 164 valence electrons. The summed E-state index contributed by atoms with van der Waals surface area (Å²) in [6.45, 7) is 1.28. The number of pyridine rings is 1. The maximum absolute atomic E-state index is 13.3. The molecule has 5 heterocycles. The Morgan fingerprint density at radius 1 is 1.34 bits per heavy atom. The molecule has 1 amide bonds. The van der Waals surface area contributed by atoms with Gasteiger partial charge in [0.05, 0.1) is 30.6 Å². The number of rotatable bonds is 5. The molecule has 6 rings (SSSR count). The second-order valence-corrected chi connectivity index (χ2v) is 8.09. The van der Waals surface area contributed by atoms with E-state index >= 15 is 0 Å². The quantitative estimate of drug-likeness (QED) is 0.492. The molecular formula is C21H21FN8O2. The van der Waals surface area contributed by atoms with Crippen LogP contribution >= 0.6 is 0 Å². The van der Waals surface area contributed by atoms with Crippen LogP contribution in [0.25, 0.3) is 28.1 Å². The van der Waals surface area contributed by atoms with E-state index < -0.39 is 18.1 Å². The molecule has 2 N–H and O–H groups in total. The SMILES string of the molecule is CNc1cc(-c2nn([C@H]3CCOC3)c3ncccc23)nc2c(C(=O)NC3C[C@@H]3F)cnn12. The lowest BCUT2D eigenvalue weighted by Crippen LogP contribution is -2.27. The second-order valence-electron chi connectivity index (χ2n) is 8.09. The maximum Gasteiger partial charge on any atom is 0.257 e. The lowest BCUT2D eigenvalue weighted by Gasteiger charge is -2.09. The van der Waals surface area contributed by atoms with Gasteiger partial charge in [0.15, 0.2) is 11.3 Å². The average Bonchev–Trinajstić information content (AvgIpc) is 3.26. The first-order chi connectivity index (χ1) is 15.6. The van der Waals surface area contributed by atoms with Crippen molar-refractivity contribution >= 4 is 28.4 Å². The Kier molecular flexibility index (Phi) is 4.32. The van der Waals surface area contributed by atoms with Crippen LogP contribution < -0.4 is 10.6 Å². The van der Waals surface area contributed by atoms with E-state index in [1.54, 1.807) is 17.8 Å². The van der Waals surface area contributed by atoms with Gasteiger partial charge in [-0.1, -0.05) is 0 Å². The van der Waals surface area contributed by atoms with Crippen LogP contribution in [0.4, 0.5) is 10.2 Å². The fourth-order valence-corrected chi connectivity index (χ4v) is 4.11. The molecule has 1 unspecified atom stereocenters. The van der Waals surface area contributed by atoms with E-state index in [0.717, 1.165) is 17.5 Å². The van der Waals surface area contributed by atoms with Gasteiger partial charge >= 0.3 is 0 Å². The Hall–Kier alpha value is -3.60. The van der Waals surface area contributed by atoms with E-state index in [0.29, 0.717) is 42.5 Å². The Morgan fingerprint density at radius 3 is 2.97 bits per heavy atom. The third-order valence-corrected chi connectivity index (χ3v) is 5.96. The number of amides is 1. The third-order valence-electron chi connectivity index (χ3n) is 5.96. The minimum Gasteiger partial charge on any atom is -0.379 e. The smallest absolute Gasteiger partial charge is 0.257 e. The highest BCUT2D eigenvalue weighted by molar-refractivity contribution is 6.01. The molecule has 32 heavy (non-hydrogen) atoms. The van der Waals surface area contributed by atoms with Gasteiger partial charge in [-0.05, 0) is 18.6 Å². The van der Waals surface area contributed by atoms with Crippen molar-refractivity contribution in [1.82, 2.24) is 34.7 Å². The summed E-state index contributed by atoms with van der Waals surface area (Å²) in [5.41, 5.74) is 2.67. The Labute approximate surface area is 181 Å². The largest absolute Gasteiger partial charge is 0.379 e. The molecular weight excluding hydrogens is 415 g/mol. The van der Waals surface area contributed by atoms with Crippen LogP contribution in [0.5, 0.6) is 0 Å². The summed E-state index contributed by atoms with van der Waals surface area (Å²) < 4.78 is 22.3. The van der Waals surface area contributed by atoms with Crippen LogP contribution in [-0.2, 0) is 4.74 Å². The van der Waals surface area contributed by atoms with Crippen LogP contribution in [0.2, 0.25) is 0 Å². The Balaban J connectivity index is 1.50. The monoisotopic (exact) mass is 436 g/mol. The zero-order valence-corrected chi connectivity index (χ0v) is 17.3. The van der Waals surface area contributed by atoms with Crippen molar-refractivity contribution in [2.45, 2.75) is 31.1 Å². The summed E-state index contributed by atoms with van der Waals surface area (Å²) in [5.74, 6) is 0.256. The molecule has 1 saturated heterocycles. The number of anilines is 1. The number of nitrogens with one attached hydrogen (secondary N) is 2. The van der Waals surface area contributed by atoms with Gasteiger partial charge in [0.25, 0.3) is 5.91 Å². The van der Waals surface area contributed by atoms with Gasteiger partial charge in [-0.25, -0.2) is 19.0 Å². The van der Waals surface area contributed by atoms with Crippen molar-refractivity contribution in [3.8, 4) is 11.4 Å². The standard InChI is InChI=1S/C21H21FN8O2/c1-23-17-8-16(26-20-13(9-25-30(17)20)21(31)27-15-7-14(15)22)18-12-3-2-5-24-19(12)29(28-18)11-4-6-32-10-11/h2-3,5,8-9,11,14-15,23H,4,6-7,10H2,1H3,(H,27,31)/t11-,14-,15?/m0/s1. The van der Waals surface area contributed by atoms with Crippen molar-refractivity contribution in [2.75, 3.05) is 25.6 Å². The fourth-order valence-electron chi connectivity index (χ4n) is 4.11. The van der Waals surface area contributed by atoms with Crippen LogP contribution in [0.1, 0.15) is 29.2 Å². The number of carbonyl (C=O) groups is 1. The summed E-state index contributed by atoms with van der Waals surface area (Å²) in [5, 5.41) is 15.8. The number of aromatic nitrogens is 6. The maximum atomic E-state index is 13.3. The summed E-state index contributed by atoms with van der Waals surface area (Å²) in [6, 6.07) is 5.33. The van der Waals surface area contributed by atoms with Crippen LogP contribution in [0.3, 0.4) is 0 Å². The molecule has 3 atom stereocenters. The minimum atomic E-state index is -0.987. The van der Waals surface area contributed by atoms with Crippen LogP contribution in [0, 0.1) is 0 Å². The predicted molar refractivity (Wildman–Crippen MR) is 114 cm³/mol. The molecule has 2 fully saturated rings.